The summed E-state index contributed by atoms with van der Waals surface area (Å²) >= 11 is 3.26. The first kappa shape index (κ1) is 15.4. The molecular formula is C10H11BrN5O6P. The Kier molecular flexibility index (Phi) is 3.47. The molecule has 2 aliphatic rings. The summed E-state index contributed by atoms with van der Waals surface area (Å²) in [4.78, 5) is 21.5. The number of aliphatic hydroxyl groups excluding tert-OH is 1. The number of anilines is 1. The summed E-state index contributed by atoms with van der Waals surface area (Å²) in [7, 11) is -4.19. The number of imidazole rings is 1. The zero-order valence-electron chi connectivity index (χ0n) is 11.3. The third kappa shape index (κ3) is 2.38. The molecule has 124 valence electrons. The van der Waals surface area contributed by atoms with E-state index in [2.05, 4.69) is 30.9 Å². The predicted molar refractivity (Wildman–Crippen MR) is 78.0 cm³/mol. The van der Waals surface area contributed by atoms with Crippen molar-refractivity contribution in [3.05, 3.63) is 11.1 Å². The highest BCUT2D eigenvalue weighted by Gasteiger charge is 2.53. The number of ether oxygens (including phenoxy) is 1. The van der Waals surface area contributed by atoms with E-state index in [1.807, 2.05) is 0 Å². The normalized spacial score (nSPS) is 37.2. The average Bonchev–Trinajstić information content (AvgIpc) is 2.97. The van der Waals surface area contributed by atoms with Crippen molar-refractivity contribution < 1.29 is 28.3 Å². The molecule has 13 heteroatoms. The monoisotopic (exact) mass is 407 g/mol. The van der Waals surface area contributed by atoms with Crippen LogP contribution in [0.3, 0.4) is 0 Å². The number of halogens is 1. The third-order valence-electron chi connectivity index (χ3n) is 3.68. The molecule has 0 saturated carbocycles. The Bertz CT molecular complexity index is 831. The molecule has 4 heterocycles. The second kappa shape index (κ2) is 5.18. The van der Waals surface area contributed by atoms with E-state index in [9.17, 15) is 14.6 Å². The lowest BCUT2D eigenvalue weighted by Crippen LogP contribution is -2.39. The summed E-state index contributed by atoms with van der Waals surface area (Å²) < 4.78 is 28.6. The summed E-state index contributed by atoms with van der Waals surface area (Å²) in [6, 6.07) is 0. The fourth-order valence-corrected chi connectivity index (χ4v) is 4.19. The van der Waals surface area contributed by atoms with Gasteiger partial charge in [-0.15, -0.1) is 0 Å². The molecule has 2 aromatic rings. The van der Waals surface area contributed by atoms with Crippen LogP contribution in [-0.4, -0.2) is 54.4 Å². The summed E-state index contributed by atoms with van der Waals surface area (Å²) in [6.45, 7) is -0.173. The number of nitrogen functional groups attached to an aromatic ring is 1. The van der Waals surface area contributed by atoms with Gasteiger partial charge in [0.2, 0.25) is 0 Å². The molecule has 0 spiro atoms. The Morgan fingerprint density at radius 2 is 2.26 bits per heavy atom. The van der Waals surface area contributed by atoms with Crippen LogP contribution in [0.25, 0.3) is 11.2 Å². The molecule has 2 saturated heterocycles. The van der Waals surface area contributed by atoms with Gasteiger partial charge in [-0.2, -0.15) is 0 Å². The van der Waals surface area contributed by atoms with Crippen LogP contribution in [0.4, 0.5) is 5.82 Å². The second-order valence-corrected chi connectivity index (χ2v) is 7.19. The maximum atomic E-state index is 11.5. The number of aromatic nitrogens is 4. The standard InChI is InChI=1S/C10H11BrN5O6P/c11-10-15-4-7(12)13-2-14-8(4)16(10)9-5(17)6-3(21-9)1-20-23(18,19)22-6/h2-3,5-6,9,17H,1H2,(H,18,19)(H2,12,13,14)/t3-,5+,6+,9-/m1/s1. The van der Waals surface area contributed by atoms with E-state index in [1.54, 1.807) is 0 Å². The van der Waals surface area contributed by atoms with E-state index < -0.39 is 32.4 Å². The van der Waals surface area contributed by atoms with Crippen molar-refractivity contribution >= 4 is 40.7 Å². The summed E-state index contributed by atoms with van der Waals surface area (Å²) in [5.74, 6) is 0.179. The highest BCUT2D eigenvalue weighted by atomic mass is 79.9. The highest BCUT2D eigenvalue weighted by molar-refractivity contribution is 9.10. The molecule has 4 rings (SSSR count). The molecular weight excluding hydrogens is 397 g/mol. The molecule has 11 nitrogen and oxygen atoms in total. The van der Waals surface area contributed by atoms with Crippen LogP contribution < -0.4 is 5.73 Å². The van der Waals surface area contributed by atoms with E-state index in [0.29, 0.717) is 15.9 Å². The lowest BCUT2D eigenvalue weighted by atomic mass is 10.1. The highest BCUT2D eigenvalue weighted by Crippen LogP contribution is 2.52. The topological polar surface area (TPSA) is 155 Å². The van der Waals surface area contributed by atoms with Crippen molar-refractivity contribution in [1.82, 2.24) is 19.5 Å². The Hall–Kier alpha value is -1.14. The molecule has 0 amide bonds. The van der Waals surface area contributed by atoms with Crippen LogP contribution >= 0.6 is 23.8 Å². The van der Waals surface area contributed by atoms with Crippen molar-refractivity contribution in [1.29, 1.82) is 0 Å². The average molecular weight is 408 g/mol. The van der Waals surface area contributed by atoms with Crippen LogP contribution in [0.15, 0.2) is 11.1 Å². The van der Waals surface area contributed by atoms with Crippen molar-refractivity contribution in [2.45, 2.75) is 24.5 Å². The lowest BCUT2D eigenvalue weighted by Gasteiger charge is -2.27. The molecule has 0 aromatic carbocycles. The molecule has 5 atom stereocenters. The van der Waals surface area contributed by atoms with Gasteiger partial charge in [0, 0.05) is 0 Å². The molecule has 2 aromatic heterocycles. The van der Waals surface area contributed by atoms with Crippen molar-refractivity contribution in [3.8, 4) is 0 Å². The number of rotatable bonds is 1. The summed E-state index contributed by atoms with van der Waals surface area (Å²) in [5, 5.41) is 10.5. The fraction of sp³-hybridized carbons (Fsp3) is 0.500. The number of aliphatic hydroxyl groups is 1. The van der Waals surface area contributed by atoms with Crippen LogP contribution in [0.1, 0.15) is 6.23 Å². The zero-order valence-corrected chi connectivity index (χ0v) is 13.8. The van der Waals surface area contributed by atoms with Gasteiger partial charge in [-0.05, 0) is 15.9 Å². The maximum absolute atomic E-state index is 11.5. The van der Waals surface area contributed by atoms with Gasteiger partial charge in [-0.1, -0.05) is 0 Å². The van der Waals surface area contributed by atoms with Crippen molar-refractivity contribution in [3.63, 3.8) is 0 Å². The van der Waals surface area contributed by atoms with E-state index >= 15 is 0 Å². The largest absolute Gasteiger partial charge is 0.472 e. The maximum Gasteiger partial charge on any atom is 0.472 e. The Labute approximate surface area is 137 Å². The van der Waals surface area contributed by atoms with Gasteiger partial charge in [0.05, 0.1) is 6.61 Å². The van der Waals surface area contributed by atoms with Gasteiger partial charge in [0.15, 0.2) is 27.9 Å². The first-order valence-corrected chi connectivity index (χ1v) is 8.79. The van der Waals surface area contributed by atoms with Crippen LogP contribution in [-0.2, 0) is 18.3 Å². The summed E-state index contributed by atoms with van der Waals surface area (Å²) in [6.07, 6.45) is -2.62. The zero-order chi connectivity index (χ0) is 16.4. The van der Waals surface area contributed by atoms with Crippen LogP contribution in [0, 0.1) is 0 Å². The molecule has 2 aliphatic heterocycles. The molecule has 2 fully saturated rings. The summed E-state index contributed by atoms with van der Waals surface area (Å²) in [5.41, 5.74) is 6.45. The van der Waals surface area contributed by atoms with E-state index in [-0.39, 0.29) is 12.4 Å². The molecule has 0 bridgehead atoms. The van der Waals surface area contributed by atoms with Gasteiger partial charge in [-0.25, -0.2) is 19.5 Å². The minimum atomic E-state index is -4.19. The molecule has 1 unspecified atom stereocenters. The molecule has 0 aliphatic carbocycles. The van der Waals surface area contributed by atoms with E-state index in [4.69, 9.17) is 19.5 Å². The van der Waals surface area contributed by atoms with Crippen LogP contribution in [0.5, 0.6) is 0 Å². The van der Waals surface area contributed by atoms with Crippen molar-refractivity contribution in [2.24, 2.45) is 0 Å². The van der Waals surface area contributed by atoms with Gasteiger partial charge in [0.1, 0.15) is 24.6 Å². The Balaban J connectivity index is 1.76. The molecule has 0 radical (unpaired) electrons. The smallest absolute Gasteiger partial charge is 0.386 e. The second-order valence-electron chi connectivity index (χ2n) is 5.07. The van der Waals surface area contributed by atoms with Crippen LogP contribution in [0.2, 0.25) is 0 Å². The first-order chi connectivity index (χ1) is 10.9. The number of phosphoric ester groups is 1. The minimum Gasteiger partial charge on any atom is -0.386 e. The first-order valence-electron chi connectivity index (χ1n) is 6.50. The SMILES string of the molecule is Nc1ncnc2c1nc(Br)n2[C@@H]1O[C@@H]2COP(=O)(O)O[C@@H]2[C@@H]1O. The quantitative estimate of drug-likeness (QED) is 0.432. The molecule has 4 N–H and O–H groups in total. The van der Waals surface area contributed by atoms with Gasteiger partial charge in [0.25, 0.3) is 0 Å². The van der Waals surface area contributed by atoms with E-state index in [1.165, 1.54) is 10.9 Å². The predicted octanol–water partition coefficient (Wildman–Crippen LogP) is -0.0549. The number of nitrogens with zero attached hydrogens (tertiary/aromatic N) is 4. The lowest BCUT2D eigenvalue weighted by molar-refractivity contribution is -0.0669. The number of nitrogens with two attached hydrogens (primary N) is 1. The Morgan fingerprint density at radius 3 is 3.04 bits per heavy atom. The Morgan fingerprint density at radius 1 is 1.48 bits per heavy atom. The van der Waals surface area contributed by atoms with E-state index in [0.717, 1.165) is 0 Å². The number of hydrogen-bond donors (Lipinski definition) is 3. The minimum absolute atomic E-state index is 0.173. The number of phosphoric acid groups is 1. The fourth-order valence-electron chi connectivity index (χ4n) is 2.67. The van der Waals surface area contributed by atoms with Gasteiger partial charge >= 0.3 is 7.82 Å². The number of fused-ring (bicyclic) bond motifs is 2. The van der Waals surface area contributed by atoms with Gasteiger partial charge < -0.3 is 20.5 Å². The number of hydrogen-bond acceptors (Lipinski definition) is 9. The van der Waals surface area contributed by atoms with Crippen molar-refractivity contribution in [2.75, 3.05) is 12.3 Å². The third-order valence-corrected chi connectivity index (χ3v) is 5.23. The molecule has 23 heavy (non-hydrogen) atoms. The van der Waals surface area contributed by atoms with Gasteiger partial charge in [-0.3, -0.25) is 13.6 Å².